The molecule has 0 aliphatic heterocycles. The van der Waals surface area contributed by atoms with Crippen LogP contribution in [0.4, 0.5) is 11.6 Å². The molecule has 0 bridgehead atoms. The van der Waals surface area contributed by atoms with Crippen LogP contribution in [0.5, 0.6) is 0 Å². The molecule has 0 aliphatic rings. The third-order valence-corrected chi connectivity index (χ3v) is 2.73. The lowest BCUT2D eigenvalue weighted by atomic mass is 10.1. The van der Waals surface area contributed by atoms with Crippen LogP contribution < -0.4 is 10.6 Å². The van der Waals surface area contributed by atoms with Gasteiger partial charge >= 0.3 is 0 Å². The smallest absolute Gasteiger partial charge is 0.257 e. The number of hydrogen-bond acceptors (Lipinski definition) is 4. The Kier molecular flexibility index (Phi) is 4.30. The van der Waals surface area contributed by atoms with Crippen molar-refractivity contribution in [3.05, 3.63) is 47.5 Å². The first-order chi connectivity index (χ1) is 9.56. The third kappa shape index (κ3) is 3.54. The van der Waals surface area contributed by atoms with Crippen molar-refractivity contribution in [3.8, 4) is 0 Å². The van der Waals surface area contributed by atoms with Crippen LogP contribution in [-0.2, 0) is 0 Å². The zero-order valence-electron chi connectivity index (χ0n) is 11.8. The molecule has 0 aliphatic carbocycles. The second-order valence-electron chi connectivity index (χ2n) is 4.87. The summed E-state index contributed by atoms with van der Waals surface area (Å²) in [6.45, 7) is 5.95. The topological polar surface area (TPSA) is 66.9 Å². The van der Waals surface area contributed by atoms with E-state index in [4.69, 9.17) is 0 Å². The number of benzene rings is 1. The van der Waals surface area contributed by atoms with Crippen LogP contribution in [0.1, 0.15) is 29.8 Å². The average Bonchev–Trinajstić information content (AvgIpc) is 2.41. The Morgan fingerprint density at radius 2 is 1.70 bits per heavy atom. The molecule has 2 aromatic rings. The van der Waals surface area contributed by atoms with E-state index in [2.05, 4.69) is 20.8 Å². The normalized spacial score (nSPS) is 10.4. The van der Waals surface area contributed by atoms with E-state index in [1.807, 2.05) is 39.0 Å². The Morgan fingerprint density at radius 1 is 1.05 bits per heavy atom. The van der Waals surface area contributed by atoms with Crippen LogP contribution in [-0.4, -0.2) is 22.1 Å². The predicted octanol–water partition coefficient (Wildman–Crippen LogP) is 2.86. The largest absolute Gasteiger partial charge is 0.366 e. The fraction of sp³-hybridized carbons (Fsp3) is 0.267. The van der Waals surface area contributed by atoms with Crippen LogP contribution >= 0.6 is 0 Å². The maximum Gasteiger partial charge on any atom is 0.257 e. The number of aromatic nitrogens is 2. The summed E-state index contributed by atoms with van der Waals surface area (Å²) in [5, 5.41) is 13.9. The monoisotopic (exact) mass is 270 g/mol. The van der Waals surface area contributed by atoms with Gasteiger partial charge in [-0.3, -0.25) is 4.79 Å². The minimum atomic E-state index is -0.179. The molecular weight excluding hydrogens is 252 g/mol. The van der Waals surface area contributed by atoms with Gasteiger partial charge in [0.1, 0.15) is 5.82 Å². The van der Waals surface area contributed by atoms with Crippen LogP contribution in [0.25, 0.3) is 0 Å². The van der Waals surface area contributed by atoms with E-state index in [0.717, 1.165) is 5.56 Å². The lowest BCUT2D eigenvalue weighted by Crippen LogP contribution is -2.16. The SMILES string of the molecule is Cc1ccccc1C(=O)Nc1ccc(NC(C)C)nn1. The molecule has 0 saturated heterocycles. The molecule has 104 valence electrons. The molecule has 0 unspecified atom stereocenters. The van der Waals surface area contributed by atoms with Crippen molar-refractivity contribution in [2.45, 2.75) is 26.8 Å². The highest BCUT2D eigenvalue weighted by Gasteiger charge is 2.09. The molecule has 1 aromatic heterocycles. The molecule has 0 radical (unpaired) electrons. The standard InChI is InChI=1S/C15H18N4O/c1-10(2)16-13-8-9-14(19-18-13)17-15(20)12-7-5-4-6-11(12)3/h4-10H,1-3H3,(H,16,18)(H,17,19,20). The van der Waals surface area contributed by atoms with Gasteiger partial charge in [0.15, 0.2) is 5.82 Å². The zero-order valence-corrected chi connectivity index (χ0v) is 11.8. The maximum atomic E-state index is 12.1. The molecule has 1 amide bonds. The number of nitrogens with zero attached hydrogens (tertiary/aromatic N) is 2. The van der Waals surface area contributed by atoms with Crippen molar-refractivity contribution >= 4 is 17.5 Å². The highest BCUT2D eigenvalue weighted by atomic mass is 16.1. The molecule has 1 aromatic carbocycles. The average molecular weight is 270 g/mol. The minimum absolute atomic E-state index is 0.179. The summed E-state index contributed by atoms with van der Waals surface area (Å²) in [6.07, 6.45) is 0. The maximum absolute atomic E-state index is 12.1. The lowest BCUT2D eigenvalue weighted by Gasteiger charge is -2.09. The van der Waals surface area contributed by atoms with Crippen molar-refractivity contribution in [2.75, 3.05) is 10.6 Å². The zero-order chi connectivity index (χ0) is 14.5. The first-order valence-corrected chi connectivity index (χ1v) is 6.53. The predicted molar refractivity (Wildman–Crippen MR) is 79.9 cm³/mol. The van der Waals surface area contributed by atoms with E-state index in [0.29, 0.717) is 17.2 Å². The molecule has 2 N–H and O–H groups in total. The summed E-state index contributed by atoms with van der Waals surface area (Å²) in [5.74, 6) is 0.948. The summed E-state index contributed by atoms with van der Waals surface area (Å²) < 4.78 is 0. The second kappa shape index (κ2) is 6.14. The van der Waals surface area contributed by atoms with E-state index in [-0.39, 0.29) is 11.9 Å². The quantitative estimate of drug-likeness (QED) is 0.896. The van der Waals surface area contributed by atoms with Crippen molar-refractivity contribution in [2.24, 2.45) is 0 Å². The van der Waals surface area contributed by atoms with Gasteiger partial charge < -0.3 is 10.6 Å². The Bertz CT molecular complexity index is 593. The molecule has 0 saturated carbocycles. The number of anilines is 2. The van der Waals surface area contributed by atoms with Gasteiger partial charge in [0.05, 0.1) is 0 Å². The highest BCUT2D eigenvalue weighted by Crippen LogP contribution is 2.11. The Morgan fingerprint density at radius 3 is 2.30 bits per heavy atom. The number of carbonyl (C=O) groups excluding carboxylic acids is 1. The van der Waals surface area contributed by atoms with Crippen LogP contribution in [0.2, 0.25) is 0 Å². The summed E-state index contributed by atoms with van der Waals surface area (Å²) in [6, 6.07) is 11.2. The molecule has 1 heterocycles. The summed E-state index contributed by atoms with van der Waals surface area (Å²) in [5.41, 5.74) is 1.56. The van der Waals surface area contributed by atoms with Gasteiger partial charge in [0.25, 0.3) is 5.91 Å². The van der Waals surface area contributed by atoms with E-state index in [1.54, 1.807) is 18.2 Å². The number of hydrogen-bond donors (Lipinski definition) is 2. The van der Waals surface area contributed by atoms with Crippen LogP contribution in [0, 0.1) is 6.92 Å². The van der Waals surface area contributed by atoms with Gasteiger partial charge in [-0.05, 0) is 44.5 Å². The van der Waals surface area contributed by atoms with Gasteiger partial charge in [0, 0.05) is 11.6 Å². The molecule has 5 nitrogen and oxygen atoms in total. The molecule has 0 fully saturated rings. The number of nitrogens with one attached hydrogen (secondary N) is 2. The highest BCUT2D eigenvalue weighted by molar-refractivity contribution is 6.04. The number of carbonyl (C=O) groups is 1. The lowest BCUT2D eigenvalue weighted by molar-refractivity contribution is 0.102. The Labute approximate surface area is 118 Å². The van der Waals surface area contributed by atoms with E-state index >= 15 is 0 Å². The van der Waals surface area contributed by atoms with Crippen LogP contribution in [0.15, 0.2) is 36.4 Å². The molecule has 5 heteroatoms. The van der Waals surface area contributed by atoms with Crippen molar-refractivity contribution < 1.29 is 4.79 Å². The van der Waals surface area contributed by atoms with E-state index < -0.39 is 0 Å². The second-order valence-corrected chi connectivity index (χ2v) is 4.87. The number of amides is 1. The molecule has 2 rings (SSSR count). The summed E-state index contributed by atoms with van der Waals surface area (Å²) >= 11 is 0. The van der Waals surface area contributed by atoms with Crippen molar-refractivity contribution in [1.29, 1.82) is 0 Å². The molecule has 0 spiro atoms. The fourth-order valence-corrected chi connectivity index (χ4v) is 1.78. The van der Waals surface area contributed by atoms with Gasteiger partial charge in [-0.1, -0.05) is 18.2 Å². The van der Waals surface area contributed by atoms with Gasteiger partial charge in [-0.2, -0.15) is 0 Å². The number of rotatable bonds is 4. The first kappa shape index (κ1) is 14.0. The third-order valence-electron chi connectivity index (χ3n) is 2.73. The molecular formula is C15H18N4O. The molecule has 0 atom stereocenters. The van der Waals surface area contributed by atoms with Crippen LogP contribution in [0.3, 0.4) is 0 Å². The number of aryl methyl sites for hydroxylation is 1. The van der Waals surface area contributed by atoms with Crippen molar-refractivity contribution in [3.63, 3.8) is 0 Å². The Balaban J connectivity index is 2.07. The first-order valence-electron chi connectivity index (χ1n) is 6.53. The summed E-state index contributed by atoms with van der Waals surface area (Å²) in [4.78, 5) is 12.1. The van der Waals surface area contributed by atoms with Gasteiger partial charge in [0.2, 0.25) is 0 Å². The van der Waals surface area contributed by atoms with Gasteiger partial charge in [-0.15, -0.1) is 10.2 Å². The Hall–Kier alpha value is -2.43. The fourth-order valence-electron chi connectivity index (χ4n) is 1.78. The van der Waals surface area contributed by atoms with Gasteiger partial charge in [-0.25, -0.2) is 0 Å². The minimum Gasteiger partial charge on any atom is -0.366 e. The van der Waals surface area contributed by atoms with E-state index in [1.165, 1.54) is 0 Å². The van der Waals surface area contributed by atoms with E-state index in [9.17, 15) is 4.79 Å². The summed E-state index contributed by atoms with van der Waals surface area (Å²) in [7, 11) is 0. The van der Waals surface area contributed by atoms with Crippen molar-refractivity contribution in [1.82, 2.24) is 10.2 Å². The molecule has 20 heavy (non-hydrogen) atoms.